The quantitative estimate of drug-likeness (QED) is 0.825. The van der Waals surface area contributed by atoms with Crippen molar-refractivity contribution in [2.24, 2.45) is 11.8 Å². The predicted octanol–water partition coefficient (Wildman–Crippen LogP) is 3.45. The van der Waals surface area contributed by atoms with Gasteiger partial charge in [0.2, 0.25) is 5.91 Å². The van der Waals surface area contributed by atoms with Gasteiger partial charge in [0.05, 0.1) is 0 Å². The summed E-state index contributed by atoms with van der Waals surface area (Å²) in [5.74, 6) is 0.893. The second-order valence-electron chi connectivity index (χ2n) is 4.69. The van der Waals surface area contributed by atoms with Gasteiger partial charge in [-0.05, 0) is 30.9 Å². The van der Waals surface area contributed by atoms with Crippen molar-refractivity contribution in [2.45, 2.75) is 32.6 Å². The maximum absolute atomic E-state index is 12.0. The van der Waals surface area contributed by atoms with Crippen LogP contribution in [0.1, 0.15) is 32.6 Å². The van der Waals surface area contributed by atoms with Crippen molar-refractivity contribution in [3.8, 4) is 0 Å². The van der Waals surface area contributed by atoms with Crippen molar-refractivity contribution in [1.29, 1.82) is 0 Å². The molecular weight excluding hydrogens is 198 g/mol. The summed E-state index contributed by atoms with van der Waals surface area (Å²) in [6, 6.07) is 9.69. The van der Waals surface area contributed by atoms with Crippen LogP contribution >= 0.6 is 0 Å². The molecule has 2 rings (SSSR count). The average Bonchev–Trinajstić information content (AvgIpc) is 2.83. The van der Waals surface area contributed by atoms with Gasteiger partial charge in [-0.25, -0.2) is 0 Å². The number of nitrogens with one attached hydrogen (secondary N) is 1. The summed E-state index contributed by atoms with van der Waals surface area (Å²) in [5.41, 5.74) is 0.900. The van der Waals surface area contributed by atoms with Gasteiger partial charge in [-0.1, -0.05) is 38.0 Å². The molecule has 0 saturated heterocycles. The molecule has 1 atom stereocenters. The van der Waals surface area contributed by atoms with E-state index in [4.69, 9.17) is 0 Å². The van der Waals surface area contributed by atoms with Gasteiger partial charge < -0.3 is 5.32 Å². The van der Waals surface area contributed by atoms with Crippen molar-refractivity contribution in [3.05, 3.63) is 30.3 Å². The number of benzene rings is 1. The average molecular weight is 217 g/mol. The van der Waals surface area contributed by atoms with Crippen LogP contribution in [0.3, 0.4) is 0 Å². The van der Waals surface area contributed by atoms with Crippen LogP contribution in [-0.4, -0.2) is 5.91 Å². The molecule has 1 unspecified atom stereocenters. The summed E-state index contributed by atoms with van der Waals surface area (Å²) >= 11 is 0. The molecule has 0 aliphatic heterocycles. The number of rotatable bonds is 3. The largest absolute Gasteiger partial charge is 0.326 e. The van der Waals surface area contributed by atoms with Crippen molar-refractivity contribution in [2.75, 3.05) is 5.32 Å². The Hall–Kier alpha value is -1.31. The zero-order valence-corrected chi connectivity index (χ0v) is 9.78. The molecule has 1 aromatic rings. The minimum atomic E-state index is 0.141. The number of hydrogen-bond donors (Lipinski definition) is 1. The van der Waals surface area contributed by atoms with Gasteiger partial charge in [-0.2, -0.15) is 0 Å². The second-order valence-corrected chi connectivity index (χ2v) is 4.69. The summed E-state index contributed by atoms with van der Waals surface area (Å²) in [6.07, 6.45) is 4.99. The van der Waals surface area contributed by atoms with E-state index in [1.165, 1.54) is 25.7 Å². The minimum Gasteiger partial charge on any atom is -0.326 e. The monoisotopic (exact) mass is 217 g/mol. The highest BCUT2D eigenvalue weighted by atomic mass is 16.1. The maximum Gasteiger partial charge on any atom is 0.227 e. The highest BCUT2D eigenvalue weighted by Gasteiger charge is 2.26. The molecule has 16 heavy (non-hydrogen) atoms. The lowest BCUT2D eigenvalue weighted by molar-refractivity contribution is -0.120. The van der Waals surface area contributed by atoms with E-state index in [1.54, 1.807) is 0 Å². The predicted molar refractivity (Wildman–Crippen MR) is 66.2 cm³/mol. The minimum absolute atomic E-state index is 0.141. The first-order valence-electron chi connectivity index (χ1n) is 6.13. The summed E-state index contributed by atoms with van der Waals surface area (Å²) < 4.78 is 0. The van der Waals surface area contributed by atoms with Gasteiger partial charge in [0.25, 0.3) is 0 Å². The van der Waals surface area contributed by atoms with E-state index in [9.17, 15) is 4.79 Å². The van der Waals surface area contributed by atoms with Crippen LogP contribution < -0.4 is 5.32 Å². The van der Waals surface area contributed by atoms with E-state index in [-0.39, 0.29) is 11.8 Å². The Labute approximate surface area is 97.1 Å². The lowest BCUT2D eigenvalue weighted by Gasteiger charge is -2.18. The number of para-hydroxylation sites is 1. The molecule has 1 aliphatic rings. The van der Waals surface area contributed by atoms with E-state index in [0.29, 0.717) is 5.92 Å². The summed E-state index contributed by atoms with van der Waals surface area (Å²) in [7, 11) is 0. The Morgan fingerprint density at radius 3 is 2.50 bits per heavy atom. The third-order valence-electron chi connectivity index (χ3n) is 3.56. The molecule has 0 spiro atoms. The zero-order valence-electron chi connectivity index (χ0n) is 9.78. The van der Waals surface area contributed by atoms with Crippen LogP contribution in [0.25, 0.3) is 0 Å². The lowest BCUT2D eigenvalue weighted by atomic mass is 9.92. The molecule has 0 radical (unpaired) electrons. The van der Waals surface area contributed by atoms with Gasteiger partial charge in [0.1, 0.15) is 0 Å². The molecule has 1 saturated carbocycles. The molecule has 1 fully saturated rings. The van der Waals surface area contributed by atoms with E-state index in [0.717, 1.165) is 5.69 Å². The lowest BCUT2D eigenvalue weighted by Crippen LogP contribution is -2.25. The molecule has 2 nitrogen and oxygen atoms in total. The molecule has 86 valence electrons. The highest BCUT2D eigenvalue weighted by molar-refractivity contribution is 5.92. The van der Waals surface area contributed by atoms with Crippen LogP contribution in [0.4, 0.5) is 5.69 Å². The number of carbonyl (C=O) groups excluding carboxylic acids is 1. The van der Waals surface area contributed by atoms with Crippen LogP contribution in [0, 0.1) is 11.8 Å². The molecule has 1 N–H and O–H groups in total. The van der Waals surface area contributed by atoms with E-state index >= 15 is 0 Å². The second kappa shape index (κ2) is 5.15. The smallest absolute Gasteiger partial charge is 0.227 e. The van der Waals surface area contributed by atoms with E-state index < -0.39 is 0 Å². The van der Waals surface area contributed by atoms with Crippen molar-refractivity contribution >= 4 is 11.6 Å². The first-order chi connectivity index (χ1) is 7.77. The van der Waals surface area contributed by atoms with Crippen LogP contribution in [0.2, 0.25) is 0 Å². The third kappa shape index (κ3) is 2.63. The van der Waals surface area contributed by atoms with E-state index in [1.807, 2.05) is 37.3 Å². The molecule has 1 aliphatic carbocycles. The van der Waals surface area contributed by atoms with Crippen LogP contribution in [-0.2, 0) is 4.79 Å². The Morgan fingerprint density at radius 2 is 1.88 bits per heavy atom. The van der Waals surface area contributed by atoms with Crippen molar-refractivity contribution in [3.63, 3.8) is 0 Å². The standard InChI is InChI=1S/C14H19NO/c1-11(12-7-5-6-8-12)14(16)15-13-9-3-2-4-10-13/h2-4,9-12H,5-8H2,1H3,(H,15,16). The topological polar surface area (TPSA) is 29.1 Å². The van der Waals surface area contributed by atoms with Crippen molar-refractivity contribution in [1.82, 2.24) is 0 Å². The highest BCUT2D eigenvalue weighted by Crippen LogP contribution is 2.31. The van der Waals surface area contributed by atoms with Gasteiger partial charge in [-0.3, -0.25) is 4.79 Å². The van der Waals surface area contributed by atoms with Gasteiger partial charge in [-0.15, -0.1) is 0 Å². The first kappa shape index (κ1) is 11.2. The van der Waals surface area contributed by atoms with Gasteiger partial charge in [0.15, 0.2) is 0 Å². The third-order valence-corrected chi connectivity index (χ3v) is 3.56. The normalized spacial score (nSPS) is 18.3. The zero-order chi connectivity index (χ0) is 11.4. The SMILES string of the molecule is CC(C(=O)Nc1ccccc1)C1CCCC1. The number of amides is 1. The molecule has 1 amide bonds. The van der Waals surface area contributed by atoms with Gasteiger partial charge in [0, 0.05) is 11.6 Å². The molecule has 2 heteroatoms. The van der Waals surface area contributed by atoms with Crippen molar-refractivity contribution < 1.29 is 4.79 Å². The Morgan fingerprint density at radius 1 is 1.25 bits per heavy atom. The summed E-state index contributed by atoms with van der Waals surface area (Å²) in [6.45, 7) is 2.05. The fourth-order valence-corrected chi connectivity index (χ4v) is 2.45. The van der Waals surface area contributed by atoms with Crippen LogP contribution in [0.5, 0.6) is 0 Å². The first-order valence-corrected chi connectivity index (χ1v) is 6.13. The fraction of sp³-hybridized carbons (Fsp3) is 0.500. The fourth-order valence-electron chi connectivity index (χ4n) is 2.45. The molecule has 0 bridgehead atoms. The van der Waals surface area contributed by atoms with Crippen LogP contribution in [0.15, 0.2) is 30.3 Å². The van der Waals surface area contributed by atoms with E-state index in [2.05, 4.69) is 5.32 Å². The Bertz CT molecular complexity index is 341. The van der Waals surface area contributed by atoms with Gasteiger partial charge >= 0.3 is 0 Å². The molecule has 1 aromatic carbocycles. The Kier molecular flexibility index (Phi) is 3.60. The maximum atomic E-state index is 12.0. The summed E-state index contributed by atoms with van der Waals surface area (Å²) in [5, 5.41) is 2.98. The molecule has 0 heterocycles. The number of anilines is 1. The number of hydrogen-bond acceptors (Lipinski definition) is 1. The molecule has 0 aromatic heterocycles. The number of carbonyl (C=O) groups is 1. The molecular formula is C14H19NO. The Balaban J connectivity index is 1.92. The summed E-state index contributed by atoms with van der Waals surface area (Å²) in [4.78, 5) is 12.0.